The number of anilines is 1. The molecule has 2 aromatic rings. The predicted molar refractivity (Wildman–Crippen MR) is 86.0 cm³/mol. The Morgan fingerprint density at radius 1 is 1.16 bits per heavy atom. The quantitative estimate of drug-likeness (QED) is 0.660. The van der Waals surface area contributed by atoms with Crippen molar-refractivity contribution in [2.45, 2.75) is 46.0 Å². The maximum atomic E-state index is 4.43. The van der Waals surface area contributed by atoms with Gasteiger partial charge >= 0.3 is 0 Å². The van der Waals surface area contributed by atoms with Crippen molar-refractivity contribution >= 4 is 27.2 Å². The van der Waals surface area contributed by atoms with Gasteiger partial charge in [0.05, 0.1) is 0 Å². The summed E-state index contributed by atoms with van der Waals surface area (Å²) in [5, 5.41) is 6.85. The molecule has 0 radical (unpaired) electrons. The molecule has 0 aromatic carbocycles. The largest absolute Gasteiger partial charge is 0.370 e. The smallest absolute Gasteiger partial charge is 0.134 e. The molecule has 104 valence electrons. The molecular formula is C16H24N2S. The second-order valence-electron chi connectivity index (χ2n) is 5.52. The normalized spacial score (nSPS) is 11.3. The van der Waals surface area contributed by atoms with E-state index >= 15 is 0 Å². The zero-order chi connectivity index (χ0) is 13.5. The first-order chi connectivity index (χ1) is 9.27. The van der Waals surface area contributed by atoms with Crippen LogP contribution in [0.5, 0.6) is 0 Å². The van der Waals surface area contributed by atoms with E-state index in [-0.39, 0.29) is 0 Å². The number of unbranched alkanes of at least 4 members (excludes halogenated alkanes) is 3. The fourth-order valence-electron chi connectivity index (χ4n) is 2.27. The summed E-state index contributed by atoms with van der Waals surface area (Å²) in [5.74, 6) is 1.89. The van der Waals surface area contributed by atoms with Gasteiger partial charge in [-0.25, -0.2) is 4.98 Å². The van der Waals surface area contributed by atoms with Crippen LogP contribution in [0, 0.1) is 5.92 Å². The lowest BCUT2D eigenvalue weighted by molar-refractivity contribution is 0.523. The molecule has 2 rings (SSSR count). The lowest BCUT2D eigenvalue weighted by Gasteiger charge is -2.07. The van der Waals surface area contributed by atoms with Crippen molar-refractivity contribution < 1.29 is 0 Å². The molecule has 0 aliphatic heterocycles. The van der Waals surface area contributed by atoms with Crippen LogP contribution in [0.1, 0.15) is 46.0 Å². The summed E-state index contributed by atoms with van der Waals surface area (Å²) >= 11 is 1.77. The first kappa shape index (κ1) is 14.3. The first-order valence-corrected chi connectivity index (χ1v) is 8.21. The highest BCUT2D eigenvalue weighted by atomic mass is 32.1. The van der Waals surface area contributed by atoms with E-state index in [9.17, 15) is 0 Å². The number of rotatable bonds is 8. The highest BCUT2D eigenvalue weighted by Gasteiger charge is 2.02. The molecule has 2 aromatic heterocycles. The van der Waals surface area contributed by atoms with Crippen LogP contribution in [-0.2, 0) is 0 Å². The number of thiophene rings is 1. The monoisotopic (exact) mass is 276 g/mol. The van der Waals surface area contributed by atoms with Gasteiger partial charge in [0.2, 0.25) is 0 Å². The van der Waals surface area contributed by atoms with Crippen molar-refractivity contribution in [1.82, 2.24) is 4.98 Å². The molecule has 2 nitrogen and oxygen atoms in total. The highest BCUT2D eigenvalue weighted by Crippen LogP contribution is 2.25. The molecule has 0 spiro atoms. The van der Waals surface area contributed by atoms with Gasteiger partial charge < -0.3 is 5.32 Å². The minimum atomic E-state index is 0.846. The van der Waals surface area contributed by atoms with E-state index < -0.39 is 0 Å². The Labute approximate surface area is 120 Å². The fourth-order valence-corrected chi connectivity index (χ4v) is 3.06. The van der Waals surface area contributed by atoms with E-state index in [0.29, 0.717) is 0 Å². The maximum Gasteiger partial charge on any atom is 0.134 e. The van der Waals surface area contributed by atoms with Crippen molar-refractivity contribution in [3.8, 4) is 0 Å². The molecule has 2 heterocycles. The average Bonchev–Trinajstić information content (AvgIpc) is 2.86. The Hall–Kier alpha value is -1.09. The summed E-state index contributed by atoms with van der Waals surface area (Å²) in [7, 11) is 0. The molecule has 0 atom stereocenters. The summed E-state index contributed by atoms with van der Waals surface area (Å²) in [6, 6.07) is 4.23. The van der Waals surface area contributed by atoms with Crippen LogP contribution in [0.2, 0.25) is 0 Å². The van der Waals surface area contributed by atoms with E-state index in [1.165, 1.54) is 42.2 Å². The molecule has 0 aliphatic rings. The predicted octanol–water partition coefficient (Wildman–Crippen LogP) is 5.31. The van der Waals surface area contributed by atoms with Crippen LogP contribution in [0.25, 0.3) is 10.1 Å². The molecule has 0 aliphatic carbocycles. The summed E-state index contributed by atoms with van der Waals surface area (Å²) in [6.07, 6.45) is 8.54. The van der Waals surface area contributed by atoms with Crippen molar-refractivity contribution in [3.05, 3.63) is 23.7 Å². The Bertz CT molecular complexity index is 490. The van der Waals surface area contributed by atoms with Gasteiger partial charge in [0.15, 0.2) is 0 Å². The maximum absolute atomic E-state index is 4.43. The van der Waals surface area contributed by atoms with Crippen LogP contribution in [0.4, 0.5) is 5.82 Å². The van der Waals surface area contributed by atoms with Crippen molar-refractivity contribution in [3.63, 3.8) is 0 Å². The van der Waals surface area contributed by atoms with Gasteiger partial charge in [-0.15, -0.1) is 11.3 Å². The van der Waals surface area contributed by atoms with E-state index in [1.54, 1.807) is 11.3 Å². The zero-order valence-corrected chi connectivity index (χ0v) is 12.8. The summed E-state index contributed by atoms with van der Waals surface area (Å²) in [4.78, 5) is 4.43. The lowest BCUT2D eigenvalue weighted by atomic mass is 10.0. The minimum absolute atomic E-state index is 0.846. The number of pyridine rings is 1. The topological polar surface area (TPSA) is 24.9 Å². The molecule has 0 amide bonds. The standard InChI is InChI=1S/C16H24N2S/c1-13(2)7-5-3-4-6-10-17-16-14-9-12-19-15(14)8-11-18-16/h8-9,11-13H,3-7,10H2,1-2H3,(H,17,18). The number of nitrogens with one attached hydrogen (secondary N) is 1. The molecule has 1 N–H and O–H groups in total. The Balaban J connectivity index is 1.67. The van der Waals surface area contributed by atoms with E-state index in [1.807, 2.05) is 6.20 Å². The third kappa shape index (κ3) is 4.50. The van der Waals surface area contributed by atoms with Gasteiger partial charge in [-0.1, -0.05) is 39.5 Å². The molecule has 0 unspecified atom stereocenters. The average molecular weight is 276 g/mol. The molecule has 0 bridgehead atoms. The SMILES string of the molecule is CC(C)CCCCCCNc1nccc2sccc12. The van der Waals surface area contributed by atoms with E-state index in [2.05, 4.69) is 41.7 Å². The van der Waals surface area contributed by atoms with Gasteiger partial charge in [0.1, 0.15) is 5.82 Å². The van der Waals surface area contributed by atoms with Gasteiger partial charge in [-0.3, -0.25) is 0 Å². The van der Waals surface area contributed by atoms with Crippen LogP contribution >= 0.6 is 11.3 Å². The number of hydrogen-bond donors (Lipinski definition) is 1. The van der Waals surface area contributed by atoms with E-state index in [4.69, 9.17) is 0 Å². The minimum Gasteiger partial charge on any atom is -0.370 e. The lowest BCUT2D eigenvalue weighted by Crippen LogP contribution is -2.03. The second-order valence-corrected chi connectivity index (χ2v) is 6.46. The van der Waals surface area contributed by atoms with E-state index in [0.717, 1.165) is 18.3 Å². The number of nitrogens with zero attached hydrogens (tertiary/aromatic N) is 1. The Morgan fingerprint density at radius 2 is 2.00 bits per heavy atom. The molecule has 0 saturated carbocycles. The van der Waals surface area contributed by atoms with Crippen LogP contribution in [0.3, 0.4) is 0 Å². The first-order valence-electron chi connectivity index (χ1n) is 7.33. The van der Waals surface area contributed by atoms with Gasteiger partial charge in [0.25, 0.3) is 0 Å². The Morgan fingerprint density at radius 3 is 2.84 bits per heavy atom. The third-order valence-electron chi connectivity index (χ3n) is 3.38. The fraction of sp³-hybridized carbons (Fsp3) is 0.562. The molecule has 19 heavy (non-hydrogen) atoms. The van der Waals surface area contributed by atoms with Gasteiger partial charge in [-0.05, 0) is 29.9 Å². The van der Waals surface area contributed by atoms with Crippen LogP contribution in [0.15, 0.2) is 23.7 Å². The van der Waals surface area contributed by atoms with Gasteiger partial charge in [-0.2, -0.15) is 0 Å². The molecule has 3 heteroatoms. The highest BCUT2D eigenvalue weighted by molar-refractivity contribution is 7.17. The molecule has 0 fully saturated rings. The van der Waals surface area contributed by atoms with Gasteiger partial charge in [0, 0.05) is 22.8 Å². The number of aromatic nitrogens is 1. The van der Waals surface area contributed by atoms with Crippen LogP contribution < -0.4 is 5.32 Å². The van der Waals surface area contributed by atoms with Crippen molar-refractivity contribution in [1.29, 1.82) is 0 Å². The molecule has 0 saturated heterocycles. The summed E-state index contributed by atoms with van der Waals surface area (Å²) in [6.45, 7) is 5.63. The summed E-state index contributed by atoms with van der Waals surface area (Å²) < 4.78 is 1.31. The van der Waals surface area contributed by atoms with Crippen molar-refractivity contribution in [2.24, 2.45) is 5.92 Å². The third-order valence-corrected chi connectivity index (χ3v) is 4.26. The van der Waals surface area contributed by atoms with Crippen LogP contribution in [-0.4, -0.2) is 11.5 Å². The molecular weight excluding hydrogens is 252 g/mol. The second kappa shape index (κ2) is 7.49. The van der Waals surface area contributed by atoms with Crippen molar-refractivity contribution in [2.75, 3.05) is 11.9 Å². The summed E-state index contributed by atoms with van der Waals surface area (Å²) in [5.41, 5.74) is 0. The zero-order valence-electron chi connectivity index (χ0n) is 12.0. The Kier molecular flexibility index (Phi) is 5.64. The number of hydrogen-bond acceptors (Lipinski definition) is 3. The number of fused-ring (bicyclic) bond motifs is 1.